The van der Waals surface area contributed by atoms with Crippen molar-refractivity contribution in [3.05, 3.63) is 54.4 Å². The monoisotopic (exact) mass is 225 g/mol. The molecule has 0 unspecified atom stereocenters. The second-order valence-electron chi connectivity index (χ2n) is 3.81. The summed E-state index contributed by atoms with van der Waals surface area (Å²) in [4.78, 5) is 0. The Labute approximate surface area is 98.1 Å². The Morgan fingerprint density at radius 2 is 1.88 bits per heavy atom. The fraction of sp³-hybridized carbons (Fsp3) is 0.0769. The molecular formula is C13H11N3O. The highest BCUT2D eigenvalue weighted by atomic mass is 16.3. The van der Waals surface area contributed by atoms with Crippen LogP contribution < -0.4 is 0 Å². The fourth-order valence-electron chi connectivity index (χ4n) is 1.86. The van der Waals surface area contributed by atoms with E-state index in [-0.39, 0.29) is 6.61 Å². The maximum absolute atomic E-state index is 9.17. The largest absolute Gasteiger partial charge is 0.390 e. The lowest BCUT2D eigenvalue weighted by Gasteiger charge is -2.02. The summed E-state index contributed by atoms with van der Waals surface area (Å²) >= 11 is 0. The molecule has 0 spiro atoms. The quantitative estimate of drug-likeness (QED) is 0.724. The van der Waals surface area contributed by atoms with E-state index in [0.717, 1.165) is 16.6 Å². The number of hydrogen-bond acceptors (Lipinski definition) is 3. The van der Waals surface area contributed by atoms with Crippen molar-refractivity contribution < 1.29 is 5.11 Å². The highest BCUT2D eigenvalue weighted by Crippen LogP contribution is 2.21. The number of aliphatic hydroxyl groups excluding tert-OH is 1. The third-order valence-electron chi connectivity index (χ3n) is 2.75. The van der Waals surface area contributed by atoms with Crippen molar-refractivity contribution in [2.75, 3.05) is 0 Å². The zero-order valence-corrected chi connectivity index (χ0v) is 9.11. The number of fused-ring (bicyclic) bond motifs is 1. The summed E-state index contributed by atoms with van der Waals surface area (Å²) in [6, 6.07) is 14.1. The van der Waals surface area contributed by atoms with Gasteiger partial charge in [0.25, 0.3) is 0 Å². The molecule has 3 aromatic rings. The minimum Gasteiger partial charge on any atom is -0.390 e. The summed E-state index contributed by atoms with van der Waals surface area (Å²) in [5, 5.41) is 17.0. The molecular weight excluding hydrogens is 214 g/mol. The highest BCUT2D eigenvalue weighted by Gasteiger charge is 2.06. The molecule has 0 aliphatic heterocycles. The van der Waals surface area contributed by atoms with Gasteiger partial charge in [-0.15, -0.1) is 5.10 Å². The molecule has 0 saturated carbocycles. The lowest BCUT2D eigenvalue weighted by atomic mass is 10.1. The SMILES string of the molecule is OCc1nnn2ccc(-c3ccccc3)cc12. The van der Waals surface area contributed by atoms with Gasteiger partial charge in [0.05, 0.1) is 12.1 Å². The van der Waals surface area contributed by atoms with Crippen LogP contribution in [0.15, 0.2) is 48.7 Å². The van der Waals surface area contributed by atoms with E-state index >= 15 is 0 Å². The number of pyridine rings is 1. The average Bonchev–Trinajstić information content (AvgIpc) is 2.81. The van der Waals surface area contributed by atoms with Crippen LogP contribution >= 0.6 is 0 Å². The number of hydrogen-bond donors (Lipinski definition) is 1. The normalized spacial score (nSPS) is 10.9. The van der Waals surface area contributed by atoms with Crippen LogP contribution in [0.2, 0.25) is 0 Å². The lowest BCUT2D eigenvalue weighted by molar-refractivity contribution is 0.278. The summed E-state index contributed by atoms with van der Waals surface area (Å²) < 4.78 is 1.66. The Morgan fingerprint density at radius 1 is 1.06 bits per heavy atom. The van der Waals surface area contributed by atoms with Crippen LogP contribution in [0, 0.1) is 0 Å². The first-order valence-corrected chi connectivity index (χ1v) is 5.39. The molecule has 4 heteroatoms. The van der Waals surface area contributed by atoms with Crippen molar-refractivity contribution in [1.82, 2.24) is 14.8 Å². The first-order valence-electron chi connectivity index (χ1n) is 5.39. The summed E-state index contributed by atoms with van der Waals surface area (Å²) in [6.45, 7) is -0.0955. The number of rotatable bonds is 2. The van der Waals surface area contributed by atoms with E-state index in [0.29, 0.717) is 5.69 Å². The molecule has 0 bridgehead atoms. The van der Waals surface area contributed by atoms with E-state index in [1.165, 1.54) is 0 Å². The molecule has 0 amide bonds. The van der Waals surface area contributed by atoms with E-state index in [1.54, 1.807) is 4.52 Å². The van der Waals surface area contributed by atoms with Crippen LogP contribution in [-0.2, 0) is 6.61 Å². The van der Waals surface area contributed by atoms with E-state index in [9.17, 15) is 5.11 Å². The number of benzene rings is 1. The Hall–Kier alpha value is -2.20. The molecule has 1 aromatic carbocycles. The summed E-state index contributed by atoms with van der Waals surface area (Å²) in [5.41, 5.74) is 3.67. The summed E-state index contributed by atoms with van der Waals surface area (Å²) in [5.74, 6) is 0. The summed E-state index contributed by atoms with van der Waals surface area (Å²) in [6.07, 6.45) is 1.85. The van der Waals surface area contributed by atoms with Gasteiger partial charge in [0.2, 0.25) is 0 Å². The minimum atomic E-state index is -0.0955. The van der Waals surface area contributed by atoms with Gasteiger partial charge in [-0.2, -0.15) is 0 Å². The van der Waals surface area contributed by atoms with Gasteiger partial charge < -0.3 is 5.11 Å². The van der Waals surface area contributed by atoms with Gasteiger partial charge in [0, 0.05) is 6.20 Å². The molecule has 0 saturated heterocycles. The van der Waals surface area contributed by atoms with Crippen LogP contribution in [-0.4, -0.2) is 19.9 Å². The number of aliphatic hydroxyl groups is 1. The van der Waals surface area contributed by atoms with Crippen molar-refractivity contribution >= 4 is 5.52 Å². The molecule has 0 aliphatic carbocycles. The van der Waals surface area contributed by atoms with Gasteiger partial charge in [-0.05, 0) is 23.3 Å². The van der Waals surface area contributed by atoms with Gasteiger partial charge in [-0.1, -0.05) is 35.5 Å². The third-order valence-corrected chi connectivity index (χ3v) is 2.75. The fourth-order valence-corrected chi connectivity index (χ4v) is 1.86. The maximum Gasteiger partial charge on any atom is 0.116 e. The highest BCUT2D eigenvalue weighted by molar-refractivity contribution is 5.69. The van der Waals surface area contributed by atoms with Gasteiger partial charge in [0.15, 0.2) is 0 Å². The zero-order chi connectivity index (χ0) is 11.7. The maximum atomic E-state index is 9.17. The number of nitrogens with zero attached hydrogens (tertiary/aromatic N) is 3. The van der Waals surface area contributed by atoms with Gasteiger partial charge in [-0.25, -0.2) is 4.52 Å². The molecule has 84 valence electrons. The third kappa shape index (κ3) is 1.68. The Balaban J connectivity index is 2.19. The molecule has 0 atom stereocenters. The van der Waals surface area contributed by atoms with Gasteiger partial charge >= 0.3 is 0 Å². The van der Waals surface area contributed by atoms with E-state index in [2.05, 4.69) is 10.3 Å². The summed E-state index contributed by atoms with van der Waals surface area (Å²) in [7, 11) is 0. The second kappa shape index (κ2) is 3.99. The molecule has 0 radical (unpaired) electrons. The van der Waals surface area contributed by atoms with Crippen LogP contribution in [0.3, 0.4) is 0 Å². The molecule has 1 N–H and O–H groups in total. The predicted molar refractivity (Wildman–Crippen MR) is 64.3 cm³/mol. The standard InChI is InChI=1S/C13H11N3O/c17-9-12-13-8-11(6-7-16(13)15-14-12)10-4-2-1-3-5-10/h1-8,17H,9H2. The molecule has 0 aliphatic rings. The van der Waals surface area contributed by atoms with Crippen molar-refractivity contribution in [2.24, 2.45) is 0 Å². The van der Waals surface area contributed by atoms with Crippen molar-refractivity contribution in [1.29, 1.82) is 0 Å². The van der Waals surface area contributed by atoms with E-state index in [1.807, 2.05) is 48.7 Å². The number of aromatic nitrogens is 3. The second-order valence-corrected chi connectivity index (χ2v) is 3.81. The minimum absolute atomic E-state index is 0.0955. The Morgan fingerprint density at radius 3 is 2.65 bits per heavy atom. The van der Waals surface area contributed by atoms with E-state index < -0.39 is 0 Å². The Kier molecular flexibility index (Phi) is 2.34. The van der Waals surface area contributed by atoms with Crippen molar-refractivity contribution in [3.8, 4) is 11.1 Å². The smallest absolute Gasteiger partial charge is 0.116 e. The predicted octanol–water partition coefficient (Wildman–Crippen LogP) is 1.89. The zero-order valence-electron chi connectivity index (χ0n) is 9.11. The molecule has 2 heterocycles. The molecule has 4 nitrogen and oxygen atoms in total. The molecule has 3 rings (SSSR count). The first-order chi connectivity index (χ1) is 8.38. The molecule has 0 fully saturated rings. The van der Waals surface area contributed by atoms with E-state index in [4.69, 9.17) is 0 Å². The average molecular weight is 225 g/mol. The Bertz CT molecular complexity index is 646. The molecule has 2 aromatic heterocycles. The van der Waals surface area contributed by atoms with Gasteiger partial charge in [0.1, 0.15) is 5.69 Å². The van der Waals surface area contributed by atoms with Crippen LogP contribution in [0.4, 0.5) is 0 Å². The van der Waals surface area contributed by atoms with Crippen LogP contribution in [0.5, 0.6) is 0 Å². The van der Waals surface area contributed by atoms with Gasteiger partial charge in [-0.3, -0.25) is 0 Å². The topological polar surface area (TPSA) is 50.4 Å². The first kappa shape index (κ1) is 9.99. The van der Waals surface area contributed by atoms with Crippen molar-refractivity contribution in [3.63, 3.8) is 0 Å². The van der Waals surface area contributed by atoms with Crippen LogP contribution in [0.1, 0.15) is 5.69 Å². The molecule has 17 heavy (non-hydrogen) atoms. The lowest BCUT2D eigenvalue weighted by Crippen LogP contribution is -1.88. The van der Waals surface area contributed by atoms with Crippen molar-refractivity contribution in [2.45, 2.75) is 6.61 Å². The van der Waals surface area contributed by atoms with Crippen LogP contribution in [0.25, 0.3) is 16.6 Å².